The van der Waals surface area contributed by atoms with E-state index in [9.17, 15) is 4.79 Å². The number of rotatable bonds is 5. The average molecular weight is 450 g/mol. The molecule has 3 nitrogen and oxygen atoms in total. The summed E-state index contributed by atoms with van der Waals surface area (Å²) in [5, 5.41) is 3.57. The molecule has 0 aliphatic carbocycles. The maximum Gasteiger partial charge on any atom is 0.265 e. The Morgan fingerprint density at radius 1 is 1.21 bits per heavy atom. The summed E-state index contributed by atoms with van der Waals surface area (Å²) in [4.78, 5) is 19.9. The third-order valence-electron chi connectivity index (χ3n) is 4.04. The highest BCUT2D eigenvalue weighted by molar-refractivity contribution is 14.1. The van der Waals surface area contributed by atoms with Crippen LogP contribution >= 0.6 is 34.4 Å². The second-order valence-corrected chi connectivity index (χ2v) is 8.29. The number of aromatic nitrogens is 2. The fraction of sp³-hybridized carbons (Fsp3) is 0.263. The van der Waals surface area contributed by atoms with Crippen LogP contribution < -0.4 is 5.56 Å². The second-order valence-electron chi connectivity index (χ2n) is 5.78. The lowest BCUT2D eigenvalue weighted by Crippen LogP contribution is -2.17. The van der Waals surface area contributed by atoms with Crippen LogP contribution in [0.25, 0.3) is 10.8 Å². The van der Waals surface area contributed by atoms with E-state index in [1.165, 1.54) is 16.3 Å². The Labute approximate surface area is 159 Å². The average Bonchev–Trinajstić information content (AvgIpc) is 2.59. The first-order valence-corrected chi connectivity index (χ1v) is 9.96. The first-order chi connectivity index (χ1) is 11.6. The summed E-state index contributed by atoms with van der Waals surface area (Å²) < 4.78 is 0.675. The molecule has 24 heavy (non-hydrogen) atoms. The van der Waals surface area contributed by atoms with Crippen molar-refractivity contribution >= 4 is 45.1 Å². The van der Waals surface area contributed by atoms with Gasteiger partial charge in [-0.05, 0) is 45.3 Å². The zero-order valence-electron chi connectivity index (χ0n) is 13.7. The van der Waals surface area contributed by atoms with Crippen LogP contribution in [0.2, 0.25) is 0 Å². The number of hydrogen-bond acceptors (Lipinski definition) is 3. The Hall–Kier alpha value is -1.34. The molecule has 5 heteroatoms. The molecule has 0 radical (unpaired) electrons. The van der Waals surface area contributed by atoms with Crippen molar-refractivity contribution in [2.75, 3.05) is 0 Å². The maximum absolute atomic E-state index is 12.3. The van der Waals surface area contributed by atoms with Crippen molar-refractivity contribution in [1.82, 2.24) is 9.97 Å². The lowest BCUT2D eigenvalue weighted by molar-refractivity contribution is 0.846. The van der Waals surface area contributed by atoms with Gasteiger partial charge >= 0.3 is 0 Å². The predicted octanol–water partition coefficient (Wildman–Crippen LogP) is 5.01. The van der Waals surface area contributed by atoms with Crippen LogP contribution in [0, 0.1) is 3.57 Å². The topological polar surface area (TPSA) is 45.8 Å². The molecule has 1 unspecified atom stereocenters. The summed E-state index contributed by atoms with van der Waals surface area (Å²) in [6.45, 7) is 4.28. The zero-order valence-corrected chi connectivity index (χ0v) is 16.6. The molecule has 0 spiro atoms. The van der Waals surface area contributed by atoms with Crippen molar-refractivity contribution in [3.63, 3.8) is 0 Å². The lowest BCUT2D eigenvalue weighted by atomic mass is 10.0. The molecule has 1 N–H and O–H groups in total. The molecule has 0 aliphatic rings. The summed E-state index contributed by atoms with van der Waals surface area (Å²) in [5.74, 6) is 0. The van der Waals surface area contributed by atoms with E-state index in [-0.39, 0.29) is 5.56 Å². The van der Waals surface area contributed by atoms with E-state index in [2.05, 4.69) is 71.8 Å². The molecule has 3 aromatic rings. The van der Waals surface area contributed by atoms with Gasteiger partial charge in [-0.3, -0.25) is 4.79 Å². The number of halogens is 1. The highest BCUT2D eigenvalue weighted by Crippen LogP contribution is 2.24. The zero-order chi connectivity index (χ0) is 17.1. The molecule has 0 aliphatic heterocycles. The molecule has 3 rings (SSSR count). The summed E-state index contributed by atoms with van der Waals surface area (Å²) in [7, 11) is 0. The van der Waals surface area contributed by atoms with Crippen LogP contribution in [0.4, 0.5) is 0 Å². The number of H-pyrrole nitrogens is 1. The molecule has 1 aromatic heterocycles. The van der Waals surface area contributed by atoms with Gasteiger partial charge in [0, 0.05) is 11.7 Å². The van der Waals surface area contributed by atoms with Gasteiger partial charge in [-0.1, -0.05) is 68.1 Å². The van der Waals surface area contributed by atoms with Crippen LogP contribution in [0.15, 0.2) is 52.4 Å². The van der Waals surface area contributed by atoms with Gasteiger partial charge in [0.05, 0.1) is 5.69 Å². The fourth-order valence-corrected chi connectivity index (χ4v) is 3.87. The first kappa shape index (κ1) is 17.5. The highest BCUT2D eigenvalue weighted by atomic mass is 127. The Morgan fingerprint density at radius 2 is 1.96 bits per heavy atom. The van der Waals surface area contributed by atoms with E-state index in [0.717, 1.165) is 12.1 Å². The van der Waals surface area contributed by atoms with E-state index >= 15 is 0 Å². The number of aromatic amines is 1. The fourth-order valence-electron chi connectivity index (χ4n) is 2.56. The third-order valence-corrected chi connectivity index (χ3v) is 6.30. The van der Waals surface area contributed by atoms with Gasteiger partial charge in [-0.2, -0.15) is 0 Å². The van der Waals surface area contributed by atoms with Gasteiger partial charge in [-0.25, -0.2) is 4.98 Å². The highest BCUT2D eigenvalue weighted by Gasteiger charge is 2.13. The maximum atomic E-state index is 12.3. The minimum Gasteiger partial charge on any atom is -0.301 e. The number of nitrogens with one attached hydrogen (secondary N) is 1. The normalized spacial score (nSPS) is 12.5. The monoisotopic (exact) mass is 450 g/mol. The number of benzene rings is 2. The molecule has 0 fully saturated rings. The number of fused-ring (bicyclic) bond motifs is 1. The Morgan fingerprint density at radius 3 is 2.75 bits per heavy atom. The smallest absolute Gasteiger partial charge is 0.265 e. The van der Waals surface area contributed by atoms with Gasteiger partial charge in [0.1, 0.15) is 3.57 Å². The Bertz CT molecular complexity index is 917. The van der Waals surface area contributed by atoms with E-state index in [4.69, 9.17) is 4.98 Å². The van der Waals surface area contributed by atoms with Crippen LogP contribution in [0.5, 0.6) is 0 Å². The molecular formula is C19H19IN2OS. The van der Waals surface area contributed by atoms with Crippen molar-refractivity contribution in [2.24, 2.45) is 0 Å². The quantitative estimate of drug-likeness (QED) is 0.338. The molecule has 0 saturated heterocycles. The summed E-state index contributed by atoms with van der Waals surface area (Å²) in [5.41, 5.74) is 2.00. The van der Waals surface area contributed by atoms with E-state index in [1.54, 1.807) is 11.8 Å². The molecule has 124 valence electrons. The van der Waals surface area contributed by atoms with Crippen LogP contribution in [0.3, 0.4) is 0 Å². The molecule has 2 aromatic carbocycles. The molecule has 0 amide bonds. The lowest BCUT2D eigenvalue weighted by Gasteiger charge is -2.11. The van der Waals surface area contributed by atoms with Gasteiger partial charge < -0.3 is 4.98 Å². The molecule has 0 bridgehead atoms. The molecular weight excluding hydrogens is 431 g/mol. The van der Waals surface area contributed by atoms with Crippen LogP contribution in [0.1, 0.15) is 31.5 Å². The van der Waals surface area contributed by atoms with Gasteiger partial charge in [0.15, 0.2) is 5.16 Å². The number of hydrogen-bond donors (Lipinski definition) is 1. The summed E-state index contributed by atoms with van der Waals surface area (Å²) in [6, 6.07) is 14.6. The first-order valence-electron chi connectivity index (χ1n) is 8.00. The predicted molar refractivity (Wildman–Crippen MR) is 110 cm³/mol. The van der Waals surface area contributed by atoms with Gasteiger partial charge in [-0.15, -0.1) is 0 Å². The van der Waals surface area contributed by atoms with Gasteiger partial charge in [0.2, 0.25) is 0 Å². The minimum atomic E-state index is -0.0494. The molecule has 0 saturated carbocycles. The summed E-state index contributed by atoms with van der Waals surface area (Å²) >= 11 is 3.72. The SMILES string of the molecule is CCC(C)Sc1nc(Cc2cccc3ccccc23)c(I)c(=O)[nH]1. The van der Waals surface area contributed by atoms with Crippen molar-refractivity contribution < 1.29 is 0 Å². The largest absolute Gasteiger partial charge is 0.301 e. The van der Waals surface area contributed by atoms with E-state index in [1.807, 2.05) is 12.1 Å². The third kappa shape index (κ3) is 3.83. The minimum absolute atomic E-state index is 0.0494. The number of thioether (sulfide) groups is 1. The summed E-state index contributed by atoms with van der Waals surface area (Å²) in [6.07, 6.45) is 1.70. The van der Waals surface area contributed by atoms with Crippen molar-refractivity contribution in [3.05, 3.63) is 67.6 Å². The van der Waals surface area contributed by atoms with Crippen molar-refractivity contribution in [2.45, 2.75) is 37.1 Å². The van der Waals surface area contributed by atoms with Crippen LogP contribution in [-0.2, 0) is 6.42 Å². The van der Waals surface area contributed by atoms with E-state index in [0.29, 0.717) is 20.4 Å². The molecule has 1 heterocycles. The standard InChI is InChI=1S/C19H19IN2OS/c1-3-12(2)24-19-21-16(17(20)18(23)22-19)11-14-9-6-8-13-7-4-5-10-15(13)14/h4-10,12H,3,11H2,1-2H3,(H,21,22,23). The van der Waals surface area contributed by atoms with Crippen molar-refractivity contribution in [3.8, 4) is 0 Å². The second kappa shape index (κ2) is 7.70. The molecule has 1 atom stereocenters. The van der Waals surface area contributed by atoms with E-state index < -0.39 is 0 Å². The Kier molecular flexibility index (Phi) is 5.61. The number of nitrogens with zero attached hydrogens (tertiary/aromatic N) is 1. The van der Waals surface area contributed by atoms with Gasteiger partial charge in [0.25, 0.3) is 5.56 Å². The Balaban J connectivity index is 2.01. The van der Waals surface area contributed by atoms with Crippen LogP contribution in [-0.4, -0.2) is 15.2 Å². The van der Waals surface area contributed by atoms with Crippen molar-refractivity contribution in [1.29, 1.82) is 0 Å².